The first-order valence-electron chi connectivity index (χ1n) is 11.7. The number of ketones is 1. The van der Waals surface area contributed by atoms with Crippen LogP contribution in [0.4, 0.5) is 10.1 Å². The van der Waals surface area contributed by atoms with Gasteiger partial charge in [-0.2, -0.15) is 0 Å². The predicted molar refractivity (Wildman–Crippen MR) is 123 cm³/mol. The molecule has 0 aromatic heterocycles. The first-order valence-corrected chi connectivity index (χ1v) is 11.7. The summed E-state index contributed by atoms with van der Waals surface area (Å²) in [6, 6.07) is 17.5. The van der Waals surface area contributed by atoms with E-state index in [1.54, 1.807) is 23.1 Å². The number of amides is 1. The number of hydrogen-bond acceptors (Lipinski definition) is 4. The molecule has 3 heterocycles. The number of nitrogens with zero attached hydrogens (tertiary/aromatic N) is 1. The van der Waals surface area contributed by atoms with Crippen LogP contribution >= 0.6 is 0 Å². The average Bonchev–Trinajstić information content (AvgIpc) is 3.30. The minimum absolute atomic E-state index is 0.0627. The molecule has 0 N–H and O–H groups in total. The minimum atomic E-state index is -1.02. The molecule has 0 bridgehead atoms. The monoisotopic (exact) mass is 455 g/mol. The van der Waals surface area contributed by atoms with E-state index in [9.17, 15) is 14.0 Å². The van der Waals surface area contributed by atoms with Gasteiger partial charge in [-0.3, -0.25) is 9.59 Å². The highest BCUT2D eigenvalue weighted by molar-refractivity contribution is 6.12. The van der Waals surface area contributed by atoms with Crippen LogP contribution in [-0.4, -0.2) is 23.9 Å². The number of ether oxygens (including phenoxy) is 2. The van der Waals surface area contributed by atoms with E-state index < -0.39 is 5.41 Å². The lowest BCUT2D eigenvalue weighted by molar-refractivity contribution is -0.122. The van der Waals surface area contributed by atoms with Gasteiger partial charge in [0.05, 0.1) is 18.5 Å². The van der Waals surface area contributed by atoms with Crippen LogP contribution in [0.5, 0.6) is 11.5 Å². The van der Waals surface area contributed by atoms with E-state index in [0.29, 0.717) is 35.6 Å². The molecule has 1 saturated carbocycles. The first kappa shape index (κ1) is 19.8. The summed E-state index contributed by atoms with van der Waals surface area (Å²) < 4.78 is 25.8. The van der Waals surface area contributed by atoms with Gasteiger partial charge in [0.1, 0.15) is 34.9 Å². The maximum absolute atomic E-state index is 14.1. The first-order chi connectivity index (χ1) is 16.5. The molecular weight excluding hydrogens is 433 g/mol. The Bertz CT molecular complexity index is 1380. The Morgan fingerprint density at radius 2 is 1.74 bits per heavy atom. The average molecular weight is 455 g/mol. The Morgan fingerprint density at radius 3 is 2.50 bits per heavy atom. The molecule has 170 valence electrons. The van der Waals surface area contributed by atoms with Crippen LogP contribution in [0.1, 0.15) is 52.7 Å². The Kier molecular flexibility index (Phi) is 3.89. The fourth-order valence-corrected chi connectivity index (χ4v) is 5.94. The van der Waals surface area contributed by atoms with Gasteiger partial charge >= 0.3 is 0 Å². The van der Waals surface area contributed by atoms with Gasteiger partial charge in [0.15, 0.2) is 5.78 Å². The number of benzene rings is 3. The summed E-state index contributed by atoms with van der Waals surface area (Å²) in [6.45, 7) is 0.489. The van der Waals surface area contributed by atoms with Crippen molar-refractivity contribution in [1.29, 1.82) is 0 Å². The molecule has 7 rings (SSSR count). The van der Waals surface area contributed by atoms with E-state index >= 15 is 0 Å². The zero-order chi connectivity index (χ0) is 23.1. The normalized spacial score (nSPS) is 23.3. The van der Waals surface area contributed by atoms with E-state index in [4.69, 9.17) is 9.47 Å². The number of rotatable bonds is 2. The second kappa shape index (κ2) is 6.69. The maximum Gasteiger partial charge on any atom is 0.246 e. The van der Waals surface area contributed by atoms with Crippen molar-refractivity contribution in [2.75, 3.05) is 11.5 Å². The summed E-state index contributed by atoms with van der Waals surface area (Å²) in [7, 11) is 0. The molecule has 1 atom stereocenters. The lowest BCUT2D eigenvalue weighted by Gasteiger charge is -2.44. The molecule has 5 nitrogen and oxygen atoms in total. The Labute approximate surface area is 196 Å². The van der Waals surface area contributed by atoms with Crippen molar-refractivity contribution in [2.45, 2.75) is 43.2 Å². The van der Waals surface area contributed by atoms with Crippen LogP contribution in [-0.2, 0) is 16.8 Å². The highest BCUT2D eigenvalue weighted by atomic mass is 19.1. The third-order valence-electron chi connectivity index (χ3n) is 7.88. The lowest BCUT2D eigenvalue weighted by atomic mass is 9.72. The molecule has 4 aliphatic rings. The van der Waals surface area contributed by atoms with Gasteiger partial charge < -0.3 is 14.4 Å². The number of Topliss-reactive ketones (excluding diaryl/α,β-unsaturated/α-hetero) is 1. The number of anilines is 1. The molecule has 3 aromatic rings. The topological polar surface area (TPSA) is 55.8 Å². The number of carbonyl (C=O) groups is 2. The molecular formula is C28H22FNO4. The van der Waals surface area contributed by atoms with Gasteiger partial charge in [-0.25, -0.2) is 4.39 Å². The van der Waals surface area contributed by atoms with Crippen molar-refractivity contribution in [3.8, 4) is 11.5 Å². The van der Waals surface area contributed by atoms with Crippen molar-refractivity contribution < 1.29 is 23.5 Å². The van der Waals surface area contributed by atoms with Gasteiger partial charge in [-0.1, -0.05) is 30.3 Å². The molecule has 1 fully saturated rings. The Morgan fingerprint density at radius 1 is 0.941 bits per heavy atom. The van der Waals surface area contributed by atoms with Crippen molar-refractivity contribution in [1.82, 2.24) is 0 Å². The third-order valence-corrected chi connectivity index (χ3v) is 7.88. The maximum atomic E-state index is 14.1. The zero-order valence-corrected chi connectivity index (χ0v) is 18.5. The van der Waals surface area contributed by atoms with Crippen LogP contribution in [0.2, 0.25) is 0 Å². The van der Waals surface area contributed by atoms with Crippen LogP contribution in [0, 0.1) is 5.82 Å². The molecule has 0 radical (unpaired) electrons. The quantitative estimate of drug-likeness (QED) is 0.549. The highest BCUT2D eigenvalue weighted by Crippen LogP contribution is 2.55. The summed E-state index contributed by atoms with van der Waals surface area (Å²) in [4.78, 5) is 28.9. The number of fused-ring (bicyclic) bond motifs is 5. The summed E-state index contributed by atoms with van der Waals surface area (Å²) in [5, 5.41) is 0. The van der Waals surface area contributed by atoms with Gasteiger partial charge in [0.25, 0.3) is 0 Å². The number of carbonyl (C=O) groups excluding carboxylic acids is 2. The molecule has 6 heteroatoms. The Hall–Kier alpha value is -3.67. The van der Waals surface area contributed by atoms with Gasteiger partial charge in [0, 0.05) is 17.3 Å². The van der Waals surface area contributed by atoms with Crippen molar-refractivity contribution in [3.63, 3.8) is 0 Å². The Balaban J connectivity index is 1.34. The van der Waals surface area contributed by atoms with Crippen LogP contribution < -0.4 is 14.4 Å². The van der Waals surface area contributed by atoms with Gasteiger partial charge in [-0.05, 0) is 54.7 Å². The minimum Gasteiger partial charge on any atom is -0.491 e. The highest BCUT2D eigenvalue weighted by Gasteiger charge is 2.57. The molecule has 1 unspecified atom stereocenters. The molecule has 3 aliphatic heterocycles. The number of hydrogen-bond donors (Lipinski definition) is 0. The van der Waals surface area contributed by atoms with Crippen LogP contribution in [0.25, 0.3) is 0 Å². The van der Waals surface area contributed by atoms with Gasteiger partial charge in [0.2, 0.25) is 5.91 Å². The zero-order valence-electron chi connectivity index (χ0n) is 18.5. The fraction of sp³-hybridized carbons (Fsp3) is 0.286. The van der Waals surface area contributed by atoms with Crippen LogP contribution in [0.15, 0.2) is 60.7 Å². The standard InChI is InChI=1S/C28H22FNO4/c29-18-8-6-17(7-9-18)15-30-22-5-2-1-4-20(22)28(26(30)32)16-33-25-13-24-19(12-21(25)28)23(31)14-27(34-24)10-3-11-27/h1-2,4-9,12-13H,3,10-11,14-16H2. The van der Waals surface area contributed by atoms with E-state index in [0.717, 1.165) is 36.1 Å². The van der Waals surface area contributed by atoms with E-state index in [1.807, 2.05) is 30.3 Å². The van der Waals surface area contributed by atoms with Gasteiger partial charge in [-0.15, -0.1) is 0 Å². The smallest absolute Gasteiger partial charge is 0.246 e. The van der Waals surface area contributed by atoms with E-state index in [-0.39, 0.29) is 29.7 Å². The molecule has 3 aromatic carbocycles. The molecule has 1 aliphatic carbocycles. The van der Waals surface area contributed by atoms with E-state index in [2.05, 4.69) is 0 Å². The van der Waals surface area contributed by atoms with E-state index in [1.165, 1.54) is 12.1 Å². The molecule has 2 spiro atoms. The molecule has 34 heavy (non-hydrogen) atoms. The fourth-order valence-electron chi connectivity index (χ4n) is 5.94. The molecule has 1 amide bonds. The largest absolute Gasteiger partial charge is 0.491 e. The SMILES string of the molecule is O=C1CC2(CCC2)Oc2cc3c(cc21)C1(CO3)C(=O)N(Cc2ccc(F)cc2)c2ccccc21. The second-order valence-corrected chi connectivity index (χ2v) is 9.81. The third kappa shape index (κ3) is 2.54. The molecule has 0 saturated heterocycles. The van der Waals surface area contributed by atoms with Crippen LogP contribution in [0.3, 0.4) is 0 Å². The number of para-hydroxylation sites is 1. The van der Waals surface area contributed by atoms with Crippen molar-refractivity contribution in [3.05, 3.63) is 88.7 Å². The summed E-state index contributed by atoms with van der Waals surface area (Å²) in [6.07, 6.45) is 3.24. The summed E-state index contributed by atoms with van der Waals surface area (Å²) >= 11 is 0. The summed E-state index contributed by atoms with van der Waals surface area (Å²) in [5.41, 5.74) is 2.36. The second-order valence-electron chi connectivity index (χ2n) is 9.81. The van der Waals surface area contributed by atoms with Crippen molar-refractivity contribution >= 4 is 17.4 Å². The lowest BCUT2D eigenvalue weighted by Crippen LogP contribution is -2.47. The predicted octanol–water partition coefficient (Wildman–Crippen LogP) is 4.94. The summed E-state index contributed by atoms with van der Waals surface area (Å²) in [5.74, 6) is 0.805. The van der Waals surface area contributed by atoms with Crippen molar-refractivity contribution in [2.24, 2.45) is 0 Å². The number of halogens is 1.